The van der Waals surface area contributed by atoms with Crippen LogP contribution in [0.5, 0.6) is 0 Å². The molecule has 184 valence electrons. The number of methoxy groups -OCH3 is 1. The zero-order valence-corrected chi connectivity index (χ0v) is 20.9. The molecule has 0 spiro atoms. The van der Waals surface area contributed by atoms with Crippen LogP contribution >= 0.6 is 11.6 Å². The summed E-state index contributed by atoms with van der Waals surface area (Å²) < 4.78 is 11.1. The van der Waals surface area contributed by atoms with Crippen molar-refractivity contribution in [1.29, 1.82) is 0 Å². The number of carbonyl (C=O) groups excluding carboxylic acids is 1. The number of halogens is 1. The molecule has 5 heterocycles. The van der Waals surface area contributed by atoms with E-state index in [2.05, 4.69) is 32.9 Å². The van der Waals surface area contributed by atoms with Crippen molar-refractivity contribution in [3.63, 3.8) is 0 Å². The summed E-state index contributed by atoms with van der Waals surface area (Å²) in [5.41, 5.74) is 6.82. The number of ketones is 1. The minimum atomic E-state index is 0.0374. The first-order chi connectivity index (χ1) is 17.6. The Balaban J connectivity index is 1.16. The van der Waals surface area contributed by atoms with E-state index in [9.17, 15) is 4.79 Å². The third-order valence-electron chi connectivity index (χ3n) is 6.77. The van der Waals surface area contributed by atoms with E-state index in [4.69, 9.17) is 21.3 Å². The van der Waals surface area contributed by atoms with Crippen molar-refractivity contribution < 1.29 is 9.53 Å². The first-order valence-corrected chi connectivity index (χ1v) is 12.6. The molecular weight excluding hydrogens is 476 g/mol. The van der Waals surface area contributed by atoms with Gasteiger partial charge in [0.05, 0.1) is 48.1 Å². The normalized spacial score (nSPS) is 13.7. The van der Waals surface area contributed by atoms with E-state index < -0.39 is 0 Å². The molecule has 0 bridgehead atoms. The average Bonchev–Trinajstić information content (AvgIpc) is 3.29. The summed E-state index contributed by atoms with van der Waals surface area (Å²) >= 11 is 6.13. The molecule has 0 aromatic carbocycles. The number of ether oxygens (including phenoxy) is 1. The van der Waals surface area contributed by atoms with Crippen LogP contribution in [0.1, 0.15) is 58.1 Å². The smallest absolute Gasteiger partial charge is 0.166 e. The monoisotopic (exact) mass is 502 g/mol. The molecular formula is C27H27ClN6O2. The summed E-state index contributed by atoms with van der Waals surface area (Å²) in [6, 6.07) is 5.97. The van der Waals surface area contributed by atoms with Crippen LogP contribution < -0.4 is 0 Å². The minimum Gasteiger partial charge on any atom is -0.384 e. The van der Waals surface area contributed by atoms with Gasteiger partial charge >= 0.3 is 0 Å². The fraction of sp³-hybridized carbons (Fsp3) is 0.333. The van der Waals surface area contributed by atoms with E-state index in [0.717, 1.165) is 29.0 Å². The van der Waals surface area contributed by atoms with Gasteiger partial charge in [-0.05, 0) is 54.9 Å². The Morgan fingerprint density at radius 3 is 2.89 bits per heavy atom. The molecule has 1 saturated carbocycles. The van der Waals surface area contributed by atoms with Crippen LogP contribution in [0.2, 0.25) is 5.02 Å². The standard InChI is InChI=1S/C27H27ClN6O2/c1-36-9-7-19-10-20(18-2-3-18)13-33-15-23(31-27(19)33)16-34-14-21(12-30-34)26(35)5-4-24-25-11-22(28)6-8-32(25)17-29-24/h6,8,10-15,17-18H,2-5,7,9,16H2,1H3. The third-order valence-corrected chi connectivity index (χ3v) is 7.01. The number of fused-ring (bicyclic) bond motifs is 2. The zero-order chi connectivity index (χ0) is 24.6. The minimum absolute atomic E-state index is 0.0374. The maximum Gasteiger partial charge on any atom is 0.166 e. The second-order valence-electron chi connectivity index (χ2n) is 9.46. The van der Waals surface area contributed by atoms with Gasteiger partial charge in [-0.3, -0.25) is 9.48 Å². The second kappa shape index (κ2) is 9.52. The fourth-order valence-corrected chi connectivity index (χ4v) is 4.86. The second-order valence-corrected chi connectivity index (χ2v) is 9.89. The van der Waals surface area contributed by atoms with Crippen LogP contribution in [-0.4, -0.2) is 48.0 Å². The highest BCUT2D eigenvalue weighted by Gasteiger charge is 2.25. The Morgan fingerprint density at radius 2 is 2.06 bits per heavy atom. The Bertz CT molecular complexity index is 1560. The van der Waals surface area contributed by atoms with Gasteiger partial charge in [0.2, 0.25) is 0 Å². The molecule has 0 radical (unpaired) electrons. The Morgan fingerprint density at radius 1 is 1.17 bits per heavy atom. The van der Waals surface area contributed by atoms with E-state index in [1.54, 1.807) is 30.5 Å². The number of rotatable bonds is 10. The highest BCUT2D eigenvalue weighted by atomic mass is 35.5. The molecule has 5 aromatic heterocycles. The summed E-state index contributed by atoms with van der Waals surface area (Å²) in [7, 11) is 1.72. The van der Waals surface area contributed by atoms with Crippen molar-refractivity contribution in [2.45, 2.75) is 44.6 Å². The summed E-state index contributed by atoms with van der Waals surface area (Å²) in [4.78, 5) is 22.2. The van der Waals surface area contributed by atoms with Crippen molar-refractivity contribution >= 4 is 28.5 Å². The van der Waals surface area contributed by atoms with Crippen molar-refractivity contribution in [1.82, 2.24) is 28.5 Å². The molecule has 0 saturated heterocycles. The average molecular weight is 503 g/mol. The summed E-state index contributed by atoms with van der Waals surface area (Å²) in [5, 5.41) is 5.08. The largest absolute Gasteiger partial charge is 0.384 e. The molecule has 1 aliphatic rings. The number of aryl methyl sites for hydroxylation is 1. The lowest BCUT2D eigenvalue weighted by molar-refractivity contribution is 0.0982. The number of carbonyl (C=O) groups is 1. The first kappa shape index (κ1) is 22.9. The number of imidazole rings is 2. The zero-order valence-electron chi connectivity index (χ0n) is 20.1. The van der Waals surface area contributed by atoms with E-state index >= 15 is 0 Å². The highest BCUT2D eigenvalue weighted by molar-refractivity contribution is 6.30. The van der Waals surface area contributed by atoms with Crippen molar-refractivity contribution in [3.8, 4) is 0 Å². The van der Waals surface area contributed by atoms with Gasteiger partial charge in [-0.1, -0.05) is 17.7 Å². The molecule has 1 aliphatic carbocycles. The van der Waals surface area contributed by atoms with Crippen LogP contribution in [0, 0.1) is 0 Å². The molecule has 0 aliphatic heterocycles. The van der Waals surface area contributed by atoms with Crippen LogP contribution in [0.3, 0.4) is 0 Å². The molecule has 9 heteroatoms. The number of pyridine rings is 2. The maximum absolute atomic E-state index is 12.9. The summed E-state index contributed by atoms with van der Waals surface area (Å²) in [5.74, 6) is 0.703. The Labute approximate surface area is 213 Å². The third kappa shape index (κ3) is 4.66. The molecule has 36 heavy (non-hydrogen) atoms. The van der Waals surface area contributed by atoms with Crippen LogP contribution in [0.25, 0.3) is 11.2 Å². The highest BCUT2D eigenvalue weighted by Crippen LogP contribution is 2.40. The van der Waals surface area contributed by atoms with E-state index in [1.165, 1.54) is 24.0 Å². The van der Waals surface area contributed by atoms with Crippen molar-refractivity contribution in [2.24, 2.45) is 0 Å². The van der Waals surface area contributed by atoms with Gasteiger partial charge < -0.3 is 13.5 Å². The Kier molecular flexibility index (Phi) is 6.07. The van der Waals surface area contributed by atoms with E-state index in [-0.39, 0.29) is 5.78 Å². The van der Waals surface area contributed by atoms with Gasteiger partial charge in [0.15, 0.2) is 5.78 Å². The molecule has 1 fully saturated rings. The predicted octanol–water partition coefficient (Wildman–Crippen LogP) is 4.76. The van der Waals surface area contributed by atoms with Gasteiger partial charge in [0, 0.05) is 43.3 Å². The van der Waals surface area contributed by atoms with Crippen LogP contribution in [-0.2, 0) is 24.1 Å². The summed E-state index contributed by atoms with van der Waals surface area (Å²) in [6.45, 7) is 1.17. The topological polar surface area (TPSA) is 78.7 Å². The lowest BCUT2D eigenvalue weighted by Gasteiger charge is -2.07. The van der Waals surface area contributed by atoms with Gasteiger partial charge in [-0.15, -0.1) is 0 Å². The van der Waals surface area contributed by atoms with Gasteiger partial charge in [-0.25, -0.2) is 9.97 Å². The lowest BCUT2D eigenvalue weighted by Crippen LogP contribution is -2.02. The number of aromatic nitrogens is 6. The SMILES string of the molecule is COCCc1cc(C2CC2)cn2cc(Cn3cc(C(=O)CCc4ncn5ccc(Cl)cc45)cn3)nc12. The fourth-order valence-electron chi connectivity index (χ4n) is 4.70. The van der Waals surface area contributed by atoms with Crippen LogP contribution in [0.15, 0.2) is 55.5 Å². The first-order valence-electron chi connectivity index (χ1n) is 12.2. The molecule has 0 atom stereocenters. The van der Waals surface area contributed by atoms with Gasteiger partial charge in [0.1, 0.15) is 5.65 Å². The summed E-state index contributed by atoms with van der Waals surface area (Å²) in [6.07, 6.45) is 15.5. The lowest BCUT2D eigenvalue weighted by atomic mass is 10.1. The Hall–Kier alpha value is -3.49. The number of hydrogen-bond acceptors (Lipinski definition) is 5. The molecule has 0 N–H and O–H groups in total. The number of hydrogen-bond donors (Lipinski definition) is 0. The predicted molar refractivity (Wildman–Crippen MR) is 137 cm³/mol. The van der Waals surface area contributed by atoms with Crippen molar-refractivity contribution in [3.05, 3.63) is 88.6 Å². The molecule has 8 nitrogen and oxygen atoms in total. The molecule has 6 rings (SSSR count). The molecule has 0 unspecified atom stereocenters. The molecule has 0 amide bonds. The number of nitrogens with zero attached hydrogens (tertiary/aromatic N) is 6. The molecule has 5 aromatic rings. The van der Waals surface area contributed by atoms with E-state index in [1.807, 2.05) is 22.7 Å². The van der Waals surface area contributed by atoms with Gasteiger partial charge in [0.25, 0.3) is 0 Å². The number of Topliss-reactive ketones (excluding diaryl/α,β-unsaturated/α-hetero) is 1. The quantitative estimate of drug-likeness (QED) is 0.257. The van der Waals surface area contributed by atoms with Crippen molar-refractivity contribution in [2.75, 3.05) is 13.7 Å². The van der Waals surface area contributed by atoms with E-state index in [0.29, 0.717) is 42.5 Å². The van der Waals surface area contributed by atoms with Gasteiger partial charge in [-0.2, -0.15) is 5.10 Å². The van der Waals surface area contributed by atoms with Crippen LogP contribution in [0.4, 0.5) is 0 Å². The maximum atomic E-state index is 12.9.